The van der Waals surface area contributed by atoms with E-state index >= 15 is 0 Å². The molecule has 9 heteroatoms. The number of pyridine rings is 1. The zero-order valence-corrected chi connectivity index (χ0v) is 25.3. The number of amides is 1. The minimum Gasteiger partial charge on any atom is -0.473 e. The SMILES string of the molecule is C[C@H]1C[C@H](N(C)c2ccc3c(-c4ccc(OCc5ccccc5)nc4OCc4ccccc4)nn(C)c3c2)CCN1C(=O)O. The molecular weight excluding hydrogens is 554 g/mol. The van der Waals surface area contributed by atoms with Crippen molar-refractivity contribution in [2.75, 3.05) is 18.5 Å². The number of likely N-dealkylation sites (tertiary alicyclic amines) is 1. The lowest BCUT2D eigenvalue weighted by molar-refractivity contribution is 0.107. The summed E-state index contributed by atoms with van der Waals surface area (Å²) in [5.41, 5.74) is 5.72. The molecule has 1 aliphatic rings. The summed E-state index contributed by atoms with van der Waals surface area (Å²) in [6.45, 7) is 3.28. The van der Waals surface area contributed by atoms with E-state index in [-0.39, 0.29) is 12.1 Å². The number of piperidine rings is 1. The van der Waals surface area contributed by atoms with Gasteiger partial charge in [0.2, 0.25) is 11.8 Å². The van der Waals surface area contributed by atoms with E-state index in [1.54, 1.807) is 0 Å². The number of anilines is 1. The van der Waals surface area contributed by atoms with Crippen LogP contribution >= 0.6 is 0 Å². The first kappa shape index (κ1) is 29.0. The van der Waals surface area contributed by atoms with Crippen molar-refractivity contribution in [3.05, 3.63) is 102 Å². The van der Waals surface area contributed by atoms with E-state index in [4.69, 9.17) is 19.6 Å². The number of rotatable bonds is 9. The Morgan fingerprint density at radius 3 is 2.30 bits per heavy atom. The third kappa shape index (κ3) is 6.17. The summed E-state index contributed by atoms with van der Waals surface area (Å²) in [4.78, 5) is 20.1. The number of nitrogens with zero attached hydrogens (tertiary/aromatic N) is 5. The Hall–Kier alpha value is -5.05. The van der Waals surface area contributed by atoms with E-state index < -0.39 is 6.09 Å². The lowest BCUT2D eigenvalue weighted by Gasteiger charge is -2.40. The third-order valence-corrected chi connectivity index (χ3v) is 8.42. The topological polar surface area (TPSA) is 93.0 Å². The molecule has 0 aliphatic carbocycles. The van der Waals surface area contributed by atoms with E-state index in [2.05, 4.69) is 30.1 Å². The molecule has 0 unspecified atom stereocenters. The highest BCUT2D eigenvalue weighted by Gasteiger charge is 2.31. The molecule has 6 rings (SSSR count). The largest absolute Gasteiger partial charge is 0.473 e. The summed E-state index contributed by atoms with van der Waals surface area (Å²) >= 11 is 0. The summed E-state index contributed by atoms with van der Waals surface area (Å²) in [6.07, 6.45) is 0.720. The van der Waals surface area contributed by atoms with Gasteiger partial charge in [-0.05, 0) is 55.2 Å². The molecule has 3 aromatic carbocycles. The second-order valence-corrected chi connectivity index (χ2v) is 11.3. The molecule has 2 atom stereocenters. The van der Waals surface area contributed by atoms with E-state index in [1.165, 1.54) is 4.90 Å². The van der Waals surface area contributed by atoms with Crippen molar-refractivity contribution < 1.29 is 19.4 Å². The highest BCUT2D eigenvalue weighted by molar-refractivity contribution is 5.96. The Bertz CT molecular complexity index is 1740. The maximum Gasteiger partial charge on any atom is 0.407 e. The minimum absolute atomic E-state index is 0.0258. The number of aromatic nitrogens is 3. The van der Waals surface area contributed by atoms with Crippen LogP contribution < -0.4 is 14.4 Å². The Labute approximate surface area is 257 Å². The number of aryl methyl sites for hydroxylation is 1. The average Bonchev–Trinajstić information content (AvgIpc) is 3.38. The number of fused-ring (bicyclic) bond motifs is 1. The maximum atomic E-state index is 11.5. The van der Waals surface area contributed by atoms with Crippen LogP contribution in [0.1, 0.15) is 30.9 Å². The molecule has 9 nitrogen and oxygen atoms in total. The summed E-state index contributed by atoms with van der Waals surface area (Å²) in [5.74, 6) is 0.938. The molecule has 0 bridgehead atoms. The summed E-state index contributed by atoms with van der Waals surface area (Å²) in [6, 6.07) is 30.4. The smallest absolute Gasteiger partial charge is 0.407 e. The zero-order chi connectivity index (χ0) is 30.6. The van der Waals surface area contributed by atoms with Gasteiger partial charge in [-0.25, -0.2) is 4.79 Å². The number of carbonyl (C=O) groups is 1. The van der Waals surface area contributed by atoms with Crippen molar-refractivity contribution in [2.45, 2.75) is 45.1 Å². The van der Waals surface area contributed by atoms with Crippen LogP contribution in [-0.4, -0.2) is 56.5 Å². The van der Waals surface area contributed by atoms with Gasteiger partial charge in [-0.3, -0.25) is 4.68 Å². The van der Waals surface area contributed by atoms with Gasteiger partial charge in [0.1, 0.15) is 18.9 Å². The molecule has 0 radical (unpaired) electrons. The second kappa shape index (κ2) is 12.7. The van der Waals surface area contributed by atoms with Crippen molar-refractivity contribution >= 4 is 22.7 Å². The fraction of sp³-hybridized carbons (Fsp3) is 0.286. The fourth-order valence-electron chi connectivity index (χ4n) is 5.91. The predicted molar refractivity (Wildman–Crippen MR) is 171 cm³/mol. The van der Waals surface area contributed by atoms with Gasteiger partial charge in [0, 0.05) is 49.9 Å². The molecular formula is C35H37N5O4. The molecule has 5 aromatic rings. The van der Waals surface area contributed by atoms with E-state index in [0.717, 1.165) is 51.8 Å². The molecule has 226 valence electrons. The average molecular weight is 592 g/mol. The van der Waals surface area contributed by atoms with E-state index in [9.17, 15) is 9.90 Å². The monoisotopic (exact) mass is 591 g/mol. The van der Waals surface area contributed by atoms with Crippen LogP contribution in [0.15, 0.2) is 91.0 Å². The summed E-state index contributed by atoms with van der Waals surface area (Å²) in [7, 11) is 4.03. The van der Waals surface area contributed by atoms with Gasteiger partial charge in [-0.1, -0.05) is 60.7 Å². The van der Waals surface area contributed by atoms with Crippen molar-refractivity contribution in [3.8, 4) is 23.0 Å². The van der Waals surface area contributed by atoms with E-state index in [0.29, 0.717) is 31.5 Å². The first-order chi connectivity index (χ1) is 21.4. The van der Waals surface area contributed by atoms with Gasteiger partial charge in [0.25, 0.3) is 0 Å². The summed E-state index contributed by atoms with van der Waals surface area (Å²) < 4.78 is 14.2. The fourth-order valence-corrected chi connectivity index (χ4v) is 5.91. The van der Waals surface area contributed by atoms with Gasteiger partial charge in [0.15, 0.2) is 0 Å². The highest BCUT2D eigenvalue weighted by Crippen LogP contribution is 2.37. The number of ether oxygens (including phenoxy) is 2. The second-order valence-electron chi connectivity index (χ2n) is 11.3. The highest BCUT2D eigenvalue weighted by atomic mass is 16.5. The number of hydrogen-bond donors (Lipinski definition) is 1. The molecule has 1 aliphatic heterocycles. The third-order valence-electron chi connectivity index (χ3n) is 8.42. The molecule has 1 N–H and O–H groups in total. The number of hydrogen-bond acceptors (Lipinski definition) is 6. The van der Waals surface area contributed by atoms with Crippen LogP contribution in [-0.2, 0) is 20.3 Å². The van der Waals surface area contributed by atoms with Gasteiger partial charge in [-0.15, -0.1) is 0 Å². The van der Waals surface area contributed by atoms with Gasteiger partial charge < -0.3 is 24.4 Å². The van der Waals surface area contributed by atoms with Crippen LogP contribution in [0.25, 0.3) is 22.2 Å². The Morgan fingerprint density at radius 2 is 1.64 bits per heavy atom. The van der Waals surface area contributed by atoms with Gasteiger partial charge in [-0.2, -0.15) is 10.1 Å². The first-order valence-corrected chi connectivity index (χ1v) is 14.9. The van der Waals surface area contributed by atoms with Crippen molar-refractivity contribution in [2.24, 2.45) is 7.05 Å². The molecule has 3 heterocycles. The molecule has 1 amide bonds. The van der Waals surface area contributed by atoms with Crippen molar-refractivity contribution in [1.82, 2.24) is 19.7 Å². The quantitative estimate of drug-likeness (QED) is 0.202. The van der Waals surface area contributed by atoms with Crippen LogP contribution in [0.4, 0.5) is 10.5 Å². The van der Waals surface area contributed by atoms with E-state index in [1.807, 2.05) is 91.4 Å². The van der Waals surface area contributed by atoms with Crippen LogP contribution in [0.3, 0.4) is 0 Å². The molecule has 1 saturated heterocycles. The lowest BCUT2D eigenvalue weighted by atomic mass is 9.97. The normalized spacial score (nSPS) is 16.6. The molecule has 0 saturated carbocycles. The molecule has 44 heavy (non-hydrogen) atoms. The van der Waals surface area contributed by atoms with Gasteiger partial charge in [0.05, 0.1) is 11.1 Å². The Kier molecular flexibility index (Phi) is 8.36. The summed E-state index contributed by atoms with van der Waals surface area (Å²) in [5, 5.41) is 15.4. The van der Waals surface area contributed by atoms with Crippen LogP contribution in [0, 0.1) is 0 Å². The molecule has 1 fully saturated rings. The maximum absolute atomic E-state index is 11.5. The molecule has 2 aromatic heterocycles. The predicted octanol–water partition coefficient (Wildman–Crippen LogP) is 6.76. The number of benzene rings is 3. The van der Waals surface area contributed by atoms with Crippen molar-refractivity contribution in [3.63, 3.8) is 0 Å². The zero-order valence-electron chi connectivity index (χ0n) is 25.3. The van der Waals surface area contributed by atoms with Gasteiger partial charge >= 0.3 is 6.09 Å². The standard InChI is InChI=1S/C35H37N5O4/c1-24-20-28(18-19-40(24)35(41)42)38(2)27-14-15-29-31(21-27)39(3)37-33(29)30-16-17-32(43-22-25-10-6-4-7-11-25)36-34(30)44-23-26-12-8-5-9-13-26/h4-17,21,24,28H,18-20,22-23H2,1-3H3,(H,41,42)/t24-,28+/m0/s1. The van der Waals surface area contributed by atoms with Crippen LogP contribution in [0.5, 0.6) is 11.8 Å². The lowest BCUT2D eigenvalue weighted by Crippen LogP contribution is -2.49. The Balaban J connectivity index is 1.29. The first-order valence-electron chi connectivity index (χ1n) is 14.9. The Morgan fingerprint density at radius 1 is 0.955 bits per heavy atom. The minimum atomic E-state index is -0.847. The van der Waals surface area contributed by atoms with Crippen molar-refractivity contribution in [1.29, 1.82) is 0 Å². The molecule has 0 spiro atoms. The number of carboxylic acid groups (broad SMARTS) is 1. The van der Waals surface area contributed by atoms with Crippen LogP contribution in [0.2, 0.25) is 0 Å².